The van der Waals surface area contributed by atoms with Gasteiger partial charge in [-0.05, 0) is 50.1 Å². The topological polar surface area (TPSA) is 41.5 Å². The molecule has 0 spiro atoms. The maximum Gasteiger partial charge on any atom is 0.124 e. The van der Waals surface area contributed by atoms with Crippen LogP contribution >= 0.6 is 0 Å². The quantitative estimate of drug-likeness (QED) is 0.873. The molecule has 0 amide bonds. The Bertz CT molecular complexity index is 623. The van der Waals surface area contributed by atoms with E-state index in [1.807, 2.05) is 18.2 Å². The number of benzene rings is 2. The zero-order valence-electron chi connectivity index (χ0n) is 13.1. The van der Waals surface area contributed by atoms with Crippen LogP contribution in [0.25, 0.3) is 0 Å². The van der Waals surface area contributed by atoms with E-state index in [-0.39, 0.29) is 12.6 Å². The van der Waals surface area contributed by atoms with Gasteiger partial charge in [-0.2, -0.15) is 0 Å². The van der Waals surface area contributed by atoms with Crippen molar-refractivity contribution in [2.75, 3.05) is 12.4 Å². The van der Waals surface area contributed by atoms with Crippen molar-refractivity contribution in [3.05, 3.63) is 58.7 Å². The maximum atomic E-state index is 9.40. The lowest BCUT2D eigenvalue weighted by Crippen LogP contribution is -2.09. The highest BCUT2D eigenvalue weighted by molar-refractivity contribution is 5.52. The van der Waals surface area contributed by atoms with E-state index in [1.165, 1.54) is 16.7 Å². The highest BCUT2D eigenvalue weighted by atomic mass is 16.5. The lowest BCUT2D eigenvalue weighted by Gasteiger charge is -2.19. The molecule has 0 bridgehead atoms. The van der Waals surface area contributed by atoms with Gasteiger partial charge in [0.15, 0.2) is 0 Å². The predicted molar refractivity (Wildman–Crippen MR) is 86.9 cm³/mol. The first-order valence-electron chi connectivity index (χ1n) is 7.16. The fourth-order valence-corrected chi connectivity index (χ4v) is 2.55. The van der Waals surface area contributed by atoms with Gasteiger partial charge in [0.05, 0.1) is 13.7 Å². The van der Waals surface area contributed by atoms with E-state index in [9.17, 15) is 5.11 Å². The number of hydrogen-bond donors (Lipinski definition) is 2. The molecule has 21 heavy (non-hydrogen) atoms. The molecular formula is C18H23NO2. The third kappa shape index (κ3) is 3.56. The number of methoxy groups -OCH3 is 1. The Kier molecular flexibility index (Phi) is 4.86. The van der Waals surface area contributed by atoms with E-state index < -0.39 is 0 Å². The van der Waals surface area contributed by atoms with Gasteiger partial charge in [0.25, 0.3) is 0 Å². The van der Waals surface area contributed by atoms with Crippen molar-refractivity contribution in [1.29, 1.82) is 0 Å². The standard InChI is InChI=1S/C18H23NO2/c1-12-5-6-13(2)17(9-12)14(3)19-16-7-8-18(21-4)15(10-16)11-20/h5-10,14,19-20H,11H2,1-4H3. The number of anilines is 1. The van der Waals surface area contributed by atoms with Gasteiger partial charge in [0.2, 0.25) is 0 Å². The van der Waals surface area contributed by atoms with Gasteiger partial charge in [-0.3, -0.25) is 0 Å². The summed E-state index contributed by atoms with van der Waals surface area (Å²) >= 11 is 0. The predicted octanol–water partition coefficient (Wildman–Crippen LogP) is 3.98. The molecule has 3 heteroatoms. The lowest BCUT2D eigenvalue weighted by molar-refractivity contribution is 0.274. The van der Waals surface area contributed by atoms with Crippen LogP contribution in [-0.2, 0) is 6.61 Å². The first-order valence-corrected chi connectivity index (χ1v) is 7.16. The zero-order chi connectivity index (χ0) is 15.4. The lowest BCUT2D eigenvalue weighted by atomic mass is 9.99. The molecule has 1 unspecified atom stereocenters. The number of hydrogen-bond acceptors (Lipinski definition) is 3. The van der Waals surface area contributed by atoms with E-state index in [1.54, 1.807) is 7.11 Å². The molecule has 2 N–H and O–H groups in total. The zero-order valence-corrected chi connectivity index (χ0v) is 13.1. The molecule has 2 aromatic rings. The summed E-state index contributed by atoms with van der Waals surface area (Å²) < 4.78 is 5.23. The first-order chi connectivity index (χ1) is 10.0. The third-order valence-corrected chi connectivity index (χ3v) is 3.74. The molecule has 112 valence electrons. The molecule has 3 nitrogen and oxygen atoms in total. The fraction of sp³-hybridized carbons (Fsp3) is 0.333. The maximum absolute atomic E-state index is 9.40. The second kappa shape index (κ2) is 6.64. The van der Waals surface area contributed by atoms with Gasteiger partial charge in [-0.15, -0.1) is 0 Å². The molecule has 0 aliphatic heterocycles. The molecule has 2 aromatic carbocycles. The van der Waals surface area contributed by atoms with Crippen LogP contribution in [0.4, 0.5) is 5.69 Å². The van der Waals surface area contributed by atoms with E-state index >= 15 is 0 Å². The van der Waals surface area contributed by atoms with Gasteiger partial charge < -0.3 is 15.2 Å². The van der Waals surface area contributed by atoms with Crippen molar-refractivity contribution in [1.82, 2.24) is 0 Å². The number of aryl methyl sites for hydroxylation is 2. The highest BCUT2D eigenvalue weighted by Gasteiger charge is 2.10. The molecule has 0 heterocycles. The van der Waals surface area contributed by atoms with Crippen LogP contribution in [-0.4, -0.2) is 12.2 Å². The van der Waals surface area contributed by atoms with E-state index in [0.717, 1.165) is 11.3 Å². The van der Waals surface area contributed by atoms with Gasteiger partial charge in [0, 0.05) is 17.3 Å². The Labute approximate surface area is 126 Å². The van der Waals surface area contributed by atoms with Crippen LogP contribution in [0.3, 0.4) is 0 Å². The van der Waals surface area contributed by atoms with Gasteiger partial charge in [-0.1, -0.05) is 23.8 Å². The Hall–Kier alpha value is -2.00. The molecule has 1 atom stereocenters. The van der Waals surface area contributed by atoms with Gasteiger partial charge >= 0.3 is 0 Å². The van der Waals surface area contributed by atoms with Crippen LogP contribution in [0, 0.1) is 13.8 Å². The SMILES string of the molecule is COc1ccc(NC(C)c2cc(C)ccc2C)cc1CO. The van der Waals surface area contributed by atoms with Crippen molar-refractivity contribution in [2.24, 2.45) is 0 Å². The number of aliphatic hydroxyl groups excluding tert-OH is 1. The average molecular weight is 285 g/mol. The minimum atomic E-state index is -0.0312. The van der Waals surface area contributed by atoms with Crippen molar-refractivity contribution >= 4 is 5.69 Å². The third-order valence-electron chi connectivity index (χ3n) is 3.74. The highest BCUT2D eigenvalue weighted by Crippen LogP contribution is 2.27. The summed E-state index contributed by atoms with van der Waals surface area (Å²) in [5.74, 6) is 0.711. The average Bonchev–Trinajstić information content (AvgIpc) is 2.49. The van der Waals surface area contributed by atoms with Crippen LogP contribution in [0.15, 0.2) is 36.4 Å². The first kappa shape index (κ1) is 15.4. The smallest absolute Gasteiger partial charge is 0.124 e. The Morgan fingerprint density at radius 1 is 1.14 bits per heavy atom. The second-order valence-corrected chi connectivity index (χ2v) is 5.41. The minimum absolute atomic E-state index is 0.0312. The van der Waals surface area contributed by atoms with Crippen molar-refractivity contribution in [3.63, 3.8) is 0 Å². The fourth-order valence-electron chi connectivity index (χ4n) is 2.55. The van der Waals surface area contributed by atoms with Gasteiger partial charge in [-0.25, -0.2) is 0 Å². The van der Waals surface area contributed by atoms with Crippen LogP contribution in [0.5, 0.6) is 5.75 Å². The summed E-state index contributed by atoms with van der Waals surface area (Å²) in [6, 6.07) is 12.5. The van der Waals surface area contributed by atoms with E-state index in [4.69, 9.17) is 4.74 Å². The summed E-state index contributed by atoms with van der Waals surface area (Å²) in [6.07, 6.45) is 0. The Morgan fingerprint density at radius 3 is 2.57 bits per heavy atom. The molecule has 0 aliphatic rings. The number of rotatable bonds is 5. The Balaban J connectivity index is 2.23. The number of nitrogens with one attached hydrogen (secondary N) is 1. The van der Waals surface area contributed by atoms with Crippen LogP contribution in [0.2, 0.25) is 0 Å². The van der Waals surface area contributed by atoms with E-state index in [2.05, 4.69) is 44.3 Å². The summed E-state index contributed by atoms with van der Waals surface area (Å²) in [7, 11) is 1.61. The second-order valence-electron chi connectivity index (χ2n) is 5.41. The van der Waals surface area contributed by atoms with Gasteiger partial charge in [0.1, 0.15) is 5.75 Å². The summed E-state index contributed by atoms with van der Waals surface area (Å²) in [5, 5.41) is 12.9. The van der Waals surface area contributed by atoms with Crippen molar-refractivity contribution in [2.45, 2.75) is 33.4 Å². The summed E-state index contributed by atoms with van der Waals surface area (Å²) in [5.41, 5.74) is 5.59. The summed E-state index contributed by atoms with van der Waals surface area (Å²) in [4.78, 5) is 0. The van der Waals surface area contributed by atoms with Crippen LogP contribution < -0.4 is 10.1 Å². The normalized spacial score (nSPS) is 12.0. The number of ether oxygens (including phenoxy) is 1. The molecule has 0 aromatic heterocycles. The largest absolute Gasteiger partial charge is 0.496 e. The Morgan fingerprint density at radius 2 is 1.90 bits per heavy atom. The molecular weight excluding hydrogens is 262 g/mol. The van der Waals surface area contributed by atoms with Crippen LogP contribution in [0.1, 0.15) is 35.2 Å². The molecule has 0 saturated heterocycles. The monoisotopic (exact) mass is 285 g/mol. The molecule has 0 aliphatic carbocycles. The molecule has 0 fully saturated rings. The van der Waals surface area contributed by atoms with E-state index in [0.29, 0.717) is 5.75 Å². The summed E-state index contributed by atoms with van der Waals surface area (Å²) in [6.45, 7) is 6.34. The minimum Gasteiger partial charge on any atom is -0.496 e. The van der Waals surface area contributed by atoms with Crippen molar-refractivity contribution in [3.8, 4) is 5.75 Å². The molecule has 0 saturated carbocycles. The molecule has 2 rings (SSSR count). The van der Waals surface area contributed by atoms with Crippen molar-refractivity contribution < 1.29 is 9.84 Å². The number of aliphatic hydroxyl groups is 1. The molecule has 0 radical (unpaired) electrons.